The van der Waals surface area contributed by atoms with E-state index in [1.165, 1.54) is 29.7 Å². The molecule has 102 valence electrons. The summed E-state index contributed by atoms with van der Waals surface area (Å²) in [4.78, 5) is 1.50. The topological polar surface area (TPSA) is 35.2 Å². The molecule has 3 heteroatoms. The van der Waals surface area contributed by atoms with Gasteiger partial charge in [-0.2, -0.15) is 0 Å². The molecule has 1 aliphatic carbocycles. The van der Waals surface area contributed by atoms with Crippen LogP contribution in [0.1, 0.15) is 43.0 Å². The van der Waals surface area contributed by atoms with Gasteiger partial charge < -0.3 is 10.5 Å². The van der Waals surface area contributed by atoms with Gasteiger partial charge in [0.2, 0.25) is 0 Å². The summed E-state index contributed by atoms with van der Waals surface area (Å²) in [5.41, 5.74) is 8.18. The summed E-state index contributed by atoms with van der Waals surface area (Å²) >= 11 is 1.89. The Labute approximate surface area is 115 Å². The first-order chi connectivity index (χ1) is 8.58. The molecule has 1 aliphatic rings. The van der Waals surface area contributed by atoms with Gasteiger partial charge in [0.1, 0.15) is 0 Å². The maximum atomic E-state index is 6.54. The zero-order chi connectivity index (χ0) is 13.2. The summed E-state index contributed by atoms with van der Waals surface area (Å²) in [7, 11) is 1.77. The molecule has 2 N–H and O–H groups in total. The summed E-state index contributed by atoms with van der Waals surface area (Å²) in [6, 6.07) is 2.61. The van der Waals surface area contributed by atoms with Gasteiger partial charge in [-0.1, -0.05) is 13.3 Å². The van der Waals surface area contributed by atoms with E-state index in [1.54, 1.807) is 7.11 Å². The van der Waals surface area contributed by atoms with E-state index in [0.29, 0.717) is 5.92 Å². The molecule has 0 bridgehead atoms. The van der Waals surface area contributed by atoms with Crippen molar-refractivity contribution < 1.29 is 4.74 Å². The molecular weight excluding hydrogens is 242 g/mol. The van der Waals surface area contributed by atoms with Crippen LogP contribution in [0.25, 0.3) is 0 Å². The Morgan fingerprint density at radius 2 is 2.22 bits per heavy atom. The van der Waals surface area contributed by atoms with Crippen LogP contribution in [0.4, 0.5) is 0 Å². The number of ether oxygens (including phenoxy) is 1. The second-order valence-corrected chi connectivity index (χ2v) is 6.81. The van der Waals surface area contributed by atoms with Crippen LogP contribution in [0, 0.1) is 12.8 Å². The van der Waals surface area contributed by atoms with Crippen LogP contribution in [0.3, 0.4) is 0 Å². The normalized spacial score (nSPS) is 21.3. The van der Waals surface area contributed by atoms with Crippen molar-refractivity contribution in [1.82, 2.24) is 0 Å². The molecule has 0 aliphatic heterocycles. The summed E-state index contributed by atoms with van der Waals surface area (Å²) in [6.07, 6.45) is 4.90. The van der Waals surface area contributed by atoms with E-state index in [4.69, 9.17) is 10.5 Å². The average molecular weight is 267 g/mol. The van der Waals surface area contributed by atoms with Crippen molar-refractivity contribution in [2.45, 2.75) is 51.0 Å². The zero-order valence-electron chi connectivity index (χ0n) is 11.7. The van der Waals surface area contributed by atoms with Gasteiger partial charge in [-0.3, -0.25) is 0 Å². The Kier molecular flexibility index (Phi) is 4.46. The van der Waals surface area contributed by atoms with Crippen LogP contribution < -0.4 is 5.73 Å². The first-order valence-corrected chi connectivity index (χ1v) is 7.76. The van der Waals surface area contributed by atoms with Crippen molar-refractivity contribution >= 4 is 11.3 Å². The molecule has 0 radical (unpaired) electrons. The molecule has 2 unspecified atom stereocenters. The highest BCUT2D eigenvalue weighted by Gasteiger charge is 2.44. The summed E-state index contributed by atoms with van der Waals surface area (Å²) < 4.78 is 5.23. The molecule has 1 aromatic rings. The van der Waals surface area contributed by atoms with Crippen molar-refractivity contribution in [3.05, 3.63) is 21.9 Å². The van der Waals surface area contributed by atoms with Gasteiger partial charge >= 0.3 is 0 Å². The second kappa shape index (κ2) is 5.72. The minimum absolute atomic E-state index is 0.265. The number of hydrogen-bond donors (Lipinski definition) is 1. The highest BCUT2D eigenvalue weighted by atomic mass is 32.1. The standard InChI is InChI=1S/C15H25NOS/c1-11(9-17-3)7-13(16)15(5-4-6-15)14-8-12(2)10-18-14/h8,10-11,13H,4-7,9,16H2,1-3H3. The molecule has 1 saturated carbocycles. The monoisotopic (exact) mass is 267 g/mol. The smallest absolute Gasteiger partial charge is 0.0488 e. The van der Waals surface area contributed by atoms with E-state index in [-0.39, 0.29) is 11.5 Å². The number of hydrogen-bond acceptors (Lipinski definition) is 3. The van der Waals surface area contributed by atoms with Crippen LogP contribution in [0.15, 0.2) is 11.4 Å². The van der Waals surface area contributed by atoms with Gasteiger partial charge in [-0.25, -0.2) is 0 Å². The number of nitrogens with two attached hydrogens (primary N) is 1. The summed E-state index contributed by atoms with van der Waals surface area (Å²) in [6.45, 7) is 5.22. The van der Waals surface area contributed by atoms with Gasteiger partial charge in [-0.05, 0) is 49.1 Å². The van der Waals surface area contributed by atoms with Crippen LogP contribution in [0.5, 0.6) is 0 Å². The number of aryl methyl sites for hydroxylation is 1. The average Bonchev–Trinajstić information content (AvgIpc) is 2.63. The van der Waals surface area contributed by atoms with E-state index in [1.807, 2.05) is 11.3 Å². The van der Waals surface area contributed by atoms with Gasteiger partial charge in [0.05, 0.1) is 0 Å². The minimum atomic E-state index is 0.265. The van der Waals surface area contributed by atoms with Crippen LogP contribution in [-0.2, 0) is 10.2 Å². The molecular formula is C15H25NOS. The van der Waals surface area contributed by atoms with E-state index in [2.05, 4.69) is 25.3 Å². The third-order valence-electron chi connectivity index (χ3n) is 4.28. The van der Waals surface area contributed by atoms with E-state index < -0.39 is 0 Å². The lowest BCUT2D eigenvalue weighted by Crippen LogP contribution is -2.50. The fourth-order valence-electron chi connectivity index (χ4n) is 3.06. The fraction of sp³-hybridized carbons (Fsp3) is 0.733. The predicted octanol–water partition coefficient (Wildman–Crippen LogP) is 3.48. The van der Waals surface area contributed by atoms with E-state index in [9.17, 15) is 0 Å². The Morgan fingerprint density at radius 3 is 2.67 bits per heavy atom. The van der Waals surface area contributed by atoms with Crippen molar-refractivity contribution in [3.63, 3.8) is 0 Å². The first kappa shape index (κ1) is 14.0. The van der Waals surface area contributed by atoms with Gasteiger partial charge in [0.15, 0.2) is 0 Å². The van der Waals surface area contributed by atoms with Gasteiger partial charge in [-0.15, -0.1) is 11.3 Å². The van der Waals surface area contributed by atoms with Crippen LogP contribution in [-0.4, -0.2) is 19.8 Å². The maximum Gasteiger partial charge on any atom is 0.0488 e. The molecule has 1 heterocycles. The van der Waals surface area contributed by atoms with E-state index in [0.717, 1.165) is 13.0 Å². The van der Waals surface area contributed by atoms with Crippen LogP contribution >= 0.6 is 11.3 Å². The van der Waals surface area contributed by atoms with Gasteiger partial charge in [0, 0.05) is 30.1 Å². The van der Waals surface area contributed by atoms with E-state index >= 15 is 0 Å². The largest absolute Gasteiger partial charge is 0.384 e. The van der Waals surface area contributed by atoms with Crippen molar-refractivity contribution in [2.24, 2.45) is 11.7 Å². The molecule has 0 saturated heterocycles. The molecule has 0 amide bonds. The van der Waals surface area contributed by atoms with Crippen molar-refractivity contribution in [3.8, 4) is 0 Å². The first-order valence-electron chi connectivity index (χ1n) is 6.88. The predicted molar refractivity (Wildman–Crippen MR) is 78.2 cm³/mol. The SMILES string of the molecule is COCC(C)CC(N)C1(c2cc(C)cs2)CCC1. The third-order valence-corrected chi connectivity index (χ3v) is 5.55. The fourth-order valence-corrected chi connectivity index (χ4v) is 4.29. The molecule has 0 aromatic carbocycles. The summed E-state index contributed by atoms with van der Waals surface area (Å²) in [5.74, 6) is 0.545. The molecule has 2 nitrogen and oxygen atoms in total. The molecule has 0 spiro atoms. The molecule has 2 rings (SSSR count). The lowest BCUT2D eigenvalue weighted by Gasteiger charge is -2.46. The Hall–Kier alpha value is -0.380. The minimum Gasteiger partial charge on any atom is -0.384 e. The molecule has 2 atom stereocenters. The van der Waals surface area contributed by atoms with Gasteiger partial charge in [0.25, 0.3) is 0 Å². The lowest BCUT2D eigenvalue weighted by molar-refractivity contribution is 0.127. The van der Waals surface area contributed by atoms with Crippen LogP contribution in [0.2, 0.25) is 0 Å². The summed E-state index contributed by atoms with van der Waals surface area (Å²) in [5, 5.41) is 2.25. The maximum absolute atomic E-state index is 6.54. The number of thiophene rings is 1. The highest BCUT2D eigenvalue weighted by Crippen LogP contribution is 2.49. The third kappa shape index (κ3) is 2.63. The number of rotatable bonds is 6. The zero-order valence-corrected chi connectivity index (χ0v) is 12.6. The quantitative estimate of drug-likeness (QED) is 0.856. The highest BCUT2D eigenvalue weighted by molar-refractivity contribution is 7.10. The molecule has 1 fully saturated rings. The second-order valence-electron chi connectivity index (χ2n) is 5.90. The Morgan fingerprint density at radius 1 is 1.50 bits per heavy atom. The molecule has 18 heavy (non-hydrogen) atoms. The Balaban J connectivity index is 2.07. The molecule has 1 aromatic heterocycles. The lowest BCUT2D eigenvalue weighted by atomic mass is 9.62. The Bertz CT molecular complexity index is 384. The van der Waals surface area contributed by atoms with Crippen molar-refractivity contribution in [2.75, 3.05) is 13.7 Å². The van der Waals surface area contributed by atoms with Crippen molar-refractivity contribution in [1.29, 1.82) is 0 Å². The number of methoxy groups -OCH3 is 1.